The number of aliphatic hydroxyl groups excluding tert-OH is 1. The SMILES string of the molecule is CCC(CO)OC(COC(=O)CCCC(=O)NCC(C)OC(=O)[C@H](Cc1ccccc1)NC(=O)[C@H](C)[C@@H](OC)[C@@H]1CCCN1C(=O)C[C@@H](OC)[C@H]([C@@H](C)CC)N(C)C(=O)[C@@H](NC(=O)[C@H](C(C)C)N(C)C)C(C)C)OC. The molecule has 5 amide bonds. The van der Waals surface area contributed by atoms with Crippen LogP contribution in [0.25, 0.3) is 0 Å². The van der Waals surface area contributed by atoms with Crippen LogP contribution in [0, 0.1) is 23.7 Å². The zero-order valence-electron chi connectivity index (χ0n) is 47.8. The highest BCUT2D eigenvalue weighted by atomic mass is 16.7. The van der Waals surface area contributed by atoms with Gasteiger partial charge in [0.2, 0.25) is 29.5 Å². The lowest BCUT2D eigenvalue weighted by molar-refractivity contribution is -0.194. The molecule has 1 aromatic carbocycles. The van der Waals surface area contributed by atoms with Crippen LogP contribution in [0.5, 0.6) is 0 Å². The van der Waals surface area contributed by atoms with E-state index in [9.17, 15) is 38.7 Å². The van der Waals surface area contributed by atoms with Gasteiger partial charge in [0.1, 0.15) is 24.8 Å². The van der Waals surface area contributed by atoms with E-state index in [0.717, 1.165) is 5.56 Å². The van der Waals surface area contributed by atoms with Crippen molar-refractivity contribution in [3.05, 3.63) is 35.9 Å². The lowest BCUT2D eigenvalue weighted by atomic mass is 9.89. The van der Waals surface area contributed by atoms with Crippen LogP contribution >= 0.6 is 0 Å². The number of esters is 2. The second-order valence-corrected chi connectivity index (χ2v) is 20.8. The number of amides is 5. The molecule has 4 N–H and O–H groups in total. The molecular formula is C55H94N6O14. The largest absolute Gasteiger partial charge is 0.460 e. The molecule has 1 aliphatic rings. The van der Waals surface area contributed by atoms with Crippen LogP contribution in [-0.4, -0.2) is 191 Å². The first-order valence-electron chi connectivity index (χ1n) is 26.8. The van der Waals surface area contributed by atoms with Gasteiger partial charge in [-0.25, -0.2) is 4.79 Å². The van der Waals surface area contributed by atoms with Crippen molar-refractivity contribution in [1.29, 1.82) is 0 Å². The summed E-state index contributed by atoms with van der Waals surface area (Å²) in [6, 6.07) is 5.78. The van der Waals surface area contributed by atoms with Crippen LogP contribution in [0.2, 0.25) is 0 Å². The third kappa shape index (κ3) is 21.3. The van der Waals surface area contributed by atoms with Gasteiger partial charge in [-0.3, -0.25) is 33.7 Å². The Morgan fingerprint density at radius 3 is 2.04 bits per heavy atom. The maximum absolute atomic E-state index is 14.5. The summed E-state index contributed by atoms with van der Waals surface area (Å²) in [7, 11) is 9.80. The van der Waals surface area contributed by atoms with E-state index >= 15 is 0 Å². The molecule has 1 heterocycles. The molecule has 428 valence electrons. The van der Waals surface area contributed by atoms with Crippen molar-refractivity contribution >= 4 is 41.5 Å². The van der Waals surface area contributed by atoms with Crippen LogP contribution in [0.1, 0.15) is 119 Å². The monoisotopic (exact) mass is 1060 g/mol. The Kier molecular flexibility index (Phi) is 30.2. The zero-order chi connectivity index (χ0) is 56.5. The lowest BCUT2D eigenvalue weighted by Gasteiger charge is -2.41. The maximum atomic E-state index is 14.5. The van der Waals surface area contributed by atoms with Crippen molar-refractivity contribution in [2.45, 2.75) is 181 Å². The van der Waals surface area contributed by atoms with E-state index in [0.29, 0.717) is 32.2 Å². The van der Waals surface area contributed by atoms with Crippen LogP contribution in [0.3, 0.4) is 0 Å². The first-order valence-corrected chi connectivity index (χ1v) is 26.8. The Labute approximate surface area is 447 Å². The molecule has 20 nitrogen and oxygen atoms in total. The van der Waals surface area contributed by atoms with Gasteiger partial charge in [-0.15, -0.1) is 0 Å². The predicted molar refractivity (Wildman–Crippen MR) is 284 cm³/mol. The minimum atomic E-state index is -1.11. The summed E-state index contributed by atoms with van der Waals surface area (Å²) in [4.78, 5) is 101. The van der Waals surface area contributed by atoms with Crippen molar-refractivity contribution < 1.29 is 67.1 Å². The number of likely N-dealkylation sites (tertiary alicyclic amines) is 1. The van der Waals surface area contributed by atoms with Gasteiger partial charge in [-0.05, 0) is 70.0 Å². The third-order valence-electron chi connectivity index (χ3n) is 14.2. The summed E-state index contributed by atoms with van der Waals surface area (Å²) < 4.78 is 33.8. The number of hydrogen-bond acceptors (Lipinski definition) is 15. The average molecular weight is 1060 g/mol. The molecule has 20 heteroatoms. The second-order valence-electron chi connectivity index (χ2n) is 20.8. The van der Waals surface area contributed by atoms with Gasteiger partial charge in [0.15, 0.2) is 6.29 Å². The Morgan fingerprint density at radius 2 is 1.49 bits per heavy atom. The summed E-state index contributed by atoms with van der Waals surface area (Å²) in [5, 5.41) is 18.0. The van der Waals surface area contributed by atoms with E-state index in [1.807, 2.05) is 97.8 Å². The number of benzene rings is 1. The van der Waals surface area contributed by atoms with Gasteiger partial charge in [0, 0.05) is 54.2 Å². The molecule has 3 unspecified atom stereocenters. The van der Waals surface area contributed by atoms with Crippen molar-refractivity contribution in [1.82, 2.24) is 30.7 Å². The smallest absolute Gasteiger partial charge is 0.329 e. The number of hydrogen-bond donors (Lipinski definition) is 4. The molecule has 1 saturated heterocycles. The van der Waals surface area contributed by atoms with Crippen LogP contribution in [-0.2, 0) is 68.4 Å². The Morgan fingerprint density at radius 1 is 0.827 bits per heavy atom. The lowest BCUT2D eigenvalue weighted by Crippen LogP contribution is -2.59. The number of rotatable bonds is 35. The highest BCUT2D eigenvalue weighted by molar-refractivity contribution is 5.90. The van der Waals surface area contributed by atoms with E-state index < -0.39 is 84.7 Å². The molecular weight excluding hydrogens is 969 g/mol. The highest BCUT2D eigenvalue weighted by Crippen LogP contribution is 2.30. The summed E-state index contributed by atoms with van der Waals surface area (Å²) in [6.07, 6.45) is -0.827. The molecule has 75 heavy (non-hydrogen) atoms. The van der Waals surface area contributed by atoms with Gasteiger partial charge in [-0.1, -0.05) is 92.1 Å². The molecule has 1 aliphatic heterocycles. The number of likely N-dealkylation sites (N-methyl/N-ethyl adjacent to an activating group) is 2. The standard InChI is InChI=1S/C55H94N6O14/c1-16-36(7)50(60(12)54(68)48(34(3)4)58-53(67)49(35(5)6)59(10)11)43(70-13)30-45(64)61-28-22-25-42(61)51(72-15)38(9)52(66)57-41(29-39-23-19-18-20-24-39)55(69)74-37(8)31-56-44(63)26-21-27-46(65)73-33-47(71-14)75-40(17-2)32-62/h18-20,23-24,34-38,40-43,47-51,62H,16-17,21-22,25-33H2,1-15H3,(H,56,63)(H,57,66)(H,58,67)/t36-,37?,38+,40?,41-,42-,43+,47?,48-,49-,50-,51+/m0/s1. The number of ether oxygens (including phenoxy) is 6. The summed E-state index contributed by atoms with van der Waals surface area (Å²) >= 11 is 0. The van der Waals surface area contributed by atoms with E-state index in [2.05, 4.69) is 16.0 Å². The molecule has 0 radical (unpaired) electrons. The van der Waals surface area contributed by atoms with Gasteiger partial charge in [-0.2, -0.15) is 0 Å². The van der Waals surface area contributed by atoms with Gasteiger partial charge in [0.25, 0.3) is 0 Å². The highest BCUT2D eigenvalue weighted by Gasteiger charge is 2.44. The molecule has 0 saturated carbocycles. The molecule has 1 fully saturated rings. The summed E-state index contributed by atoms with van der Waals surface area (Å²) in [6.45, 7) is 16.9. The predicted octanol–water partition coefficient (Wildman–Crippen LogP) is 3.88. The third-order valence-corrected chi connectivity index (χ3v) is 14.2. The molecule has 2 rings (SSSR count). The molecule has 12 atom stereocenters. The number of methoxy groups -OCH3 is 3. The number of carbonyl (C=O) groups is 7. The maximum Gasteiger partial charge on any atom is 0.329 e. The molecule has 0 bridgehead atoms. The van der Waals surface area contributed by atoms with Crippen molar-refractivity contribution in [3.8, 4) is 0 Å². The first-order chi connectivity index (χ1) is 35.5. The van der Waals surface area contributed by atoms with Crippen molar-refractivity contribution in [2.75, 3.05) is 68.8 Å². The van der Waals surface area contributed by atoms with Gasteiger partial charge in [0.05, 0.1) is 61.9 Å². The minimum absolute atomic E-state index is 0.00787. The average Bonchev–Trinajstić information content (AvgIpc) is 3.86. The fourth-order valence-electron chi connectivity index (χ4n) is 9.70. The van der Waals surface area contributed by atoms with E-state index in [1.54, 1.807) is 30.7 Å². The number of nitrogens with zero attached hydrogens (tertiary/aromatic N) is 3. The fourth-order valence-corrected chi connectivity index (χ4v) is 9.70. The zero-order valence-corrected chi connectivity index (χ0v) is 47.8. The minimum Gasteiger partial charge on any atom is -0.460 e. The topological polar surface area (TPSA) is 241 Å². The summed E-state index contributed by atoms with van der Waals surface area (Å²) in [5.74, 6) is -3.96. The molecule has 0 aromatic heterocycles. The fraction of sp³-hybridized carbons (Fsp3) is 0.764. The van der Waals surface area contributed by atoms with E-state index in [4.69, 9.17) is 28.4 Å². The molecule has 1 aromatic rings. The van der Waals surface area contributed by atoms with Crippen LogP contribution < -0.4 is 16.0 Å². The molecule has 0 spiro atoms. The number of aliphatic hydroxyl groups is 1. The van der Waals surface area contributed by atoms with Gasteiger partial charge < -0.3 is 59.3 Å². The van der Waals surface area contributed by atoms with Crippen LogP contribution in [0.4, 0.5) is 0 Å². The normalized spacial score (nSPS) is 18.2. The van der Waals surface area contributed by atoms with E-state index in [1.165, 1.54) is 21.3 Å². The van der Waals surface area contributed by atoms with Crippen molar-refractivity contribution in [2.24, 2.45) is 23.7 Å². The number of nitrogens with one attached hydrogen (secondary N) is 3. The first kappa shape index (κ1) is 66.4. The summed E-state index contributed by atoms with van der Waals surface area (Å²) in [5.41, 5.74) is 0.771. The Bertz CT molecular complexity index is 1900. The van der Waals surface area contributed by atoms with Crippen LogP contribution in [0.15, 0.2) is 30.3 Å². The number of carbonyl (C=O) groups excluding carboxylic acids is 7. The Balaban J connectivity index is 2.16. The Hall–Kier alpha value is -4.73. The molecule has 0 aliphatic carbocycles. The van der Waals surface area contributed by atoms with Crippen molar-refractivity contribution in [3.63, 3.8) is 0 Å². The second kappa shape index (κ2) is 34.1. The quantitative estimate of drug-likeness (QED) is 0.0557. The van der Waals surface area contributed by atoms with Gasteiger partial charge >= 0.3 is 11.9 Å². The van der Waals surface area contributed by atoms with E-state index in [-0.39, 0.29) is 93.2 Å².